The van der Waals surface area contributed by atoms with E-state index in [1.165, 1.54) is 0 Å². The van der Waals surface area contributed by atoms with Gasteiger partial charge in [-0.15, -0.1) is 0 Å². The van der Waals surface area contributed by atoms with E-state index in [9.17, 15) is 0 Å². The summed E-state index contributed by atoms with van der Waals surface area (Å²) in [4.78, 5) is 8.66. The molecule has 0 amide bonds. The maximum atomic E-state index is 5.72. The first-order valence-corrected chi connectivity index (χ1v) is 6.46. The van der Waals surface area contributed by atoms with Gasteiger partial charge in [0.25, 0.3) is 0 Å². The second kappa shape index (κ2) is 5.67. The molecule has 0 bridgehead atoms. The number of rotatable bonds is 4. The fraction of sp³-hybridized carbons (Fsp3) is 0.125. The summed E-state index contributed by atoms with van der Waals surface area (Å²) >= 11 is 0. The molecule has 0 saturated heterocycles. The van der Waals surface area contributed by atoms with Crippen molar-refractivity contribution in [2.24, 2.45) is 5.73 Å². The molecule has 3 aromatic rings. The van der Waals surface area contributed by atoms with Crippen LogP contribution in [0, 0.1) is 0 Å². The number of hydrogen-bond acceptors (Lipinski definition) is 4. The van der Waals surface area contributed by atoms with Gasteiger partial charge < -0.3 is 10.5 Å². The first kappa shape index (κ1) is 12.6. The van der Waals surface area contributed by atoms with Gasteiger partial charge in [-0.25, -0.2) is 0 Å². The smallest absolute Gasteiger partial charge is 0.138 e. The van der Waals surface area contributed by atoms with Crippen molar-refractivity contribution in [2.75, 3.05) is 0 Å². The molecule has 0 aliphatic carbocycles. The molecule has 0 aliphatic rings. The van der Waals surface area contributed by atoms with Crippen LogP contribution in [-0.4, -0.2) is 9.97 Å². The van der Waals surface area contributed by atoms with Crippen molar-refractivity contribution in [3.05, 3.63) is 66.1 Å². The van der Waals surface area contributed by atoms with E-state index in [4.69, 9.17) is 10.5 Å². The summed E-state index contributed by atoms with van der Waals surface area (Å²) in [5, 5.41) is 1.07. The minimum absolute atomic E-state index is 0.421. The summed E-state index contributed by atoms with van der Waals surface area (Å²) in [5.41, 5.74) is 8.39. The molecule has 100 valence electrons. The molecule has 2 aromatic heterocycles. The highest BCUT2D eigenvalue weighted by Crippen LogP contribution is 2.18. The predicted octanol–water partition coefficient (Wildman–Crippen LogP) is 2.67. The summed E-state index contributed by atoms with van der Waals surface area (Å²) in [6.45, 7) is 0.924. The Balaban J connectivity index is 1.72. The average molecular weight is 265 g/mol. The van der Waals surface area contributed by atoms with Gasteiger partial charge in [0.2, 0.25) is 0 Å². The van der Waals surface area contributed by atoms with E-state index in [0.29, 0.717) is 13.2 Å². The predicted molar refractivity (Wildman–Crippen MR) is 78.2 cm³/mol. The summed E-state index contributed by atoms with van der Waals surface area (Å²) in [6, 6.07) is 13.8. The first-order chi connectivity index (χ1) is 9.85. The Morgan fingerprint density at radius 3 is 2.70 bits per heavy atom. The van der Waals surface area contributed by atoms with E-state index in [2.05, 4.69) is 9.97 Å². The van der Waals surface area contributed by atoms with Crippen LogP contribution in [0.2, 0.25) is 0 Å². The van der Waals surface area contributed by atoms with Crippen molar-refractivity contribution in [1.29, 1.82) is 0 Å². The van der Waals surface area contributed by atoms with Crippen LogP contribution in [0.1, 0.15) is 11.3 Å². The molecule has 0 saturated carbocycles. The van der Waals surface area contributed by atoms with Gasteiger partial charge in [0.1, 0.15) is 12.4 Å². The normalized spacial score (nSPS) is 10.7. The van der Waals surface area contributed by atoms with Crippen molar-refractivity contribution in [1.82, 2.24) is 9.97 Å². The molecule has 2 heterocycles. The van der Waals surface area contributed by atoms with E-state index >= 15 is 0 Å². The largest absolute Gasteiger partial charge is 0.486 e. The Hall–Kier alpha value is -2.46. The number of nitrogens with two attached hydrogens (primary N) is 1. The van der Waals surface area contributed by atoms with E-state index in [1.807, 2.05) is 42.5 Å². The van der Waals surface area contributed by atoms with Crippen LogP contribution in [-0.2, 0) is 13.2 Å². The van der Waals surface area contributed by atoms with Crippen molar-refractivity contribution < 1.29 is 4.74 Å². The van der Waals surface area contributed by atoms with Crippen molar-refractivity contribution in [3.63, 3.8) is 0 Å². The minimum atomic E-state index is 0.421. The molecule has 4 heteroatoms. The SMILES string of the molecule is NCc1ccc(COc2cnc3ccccc3c2)nc1. The first-order valence-electron chi connectivity index (χ1n) is 6.46. The van der Waals surface area contributed by atoms with Gasteiger partial charge in [0, 0.05) is 18.1 Å². The quantitative estimate of drug-likeness (QED) is 0.787. The van der Waals surface area contributed by atoms with Crippen molar-refractivity contribution in [2.45, 2.75) is 13.2 Å². The monoisotopic (exact) mass is 265 g/mol. The Morgan fingerprint density at radius 1 is 1.00 bits per heavy atom. The Labute approximate surface area is 117 Å². The maximum absolute atomic E-state index is 5.72. The van der Waals surface area contributed by atoms with Crippen LogP contribution in [0.15, 0.2) is 54.9 Å². The Morgan fingerprint density at radius 2 is 1.90 bits per heavy atom. The van der Waals surface area contributed by atoms with Crippen molar-refractivity contribution in [3.8, 4) is 5.75 Å². The molecule has 4 nitrogen and oxygen atoms in total. The average Bonchev–Trinajstić information content (AvgIpc) is 2.53. The number of para-hydroxylation sites is 1. The fourth-order valence-corrected chi connectivity index (χ4v) is 1.95. The lowest BCUT2D eigenvalue weighted by molar-refractivity contribution is 0.300. The number of hydrogen-bond donors (Lipinski definition) is 1. The van der Waals surface area contributed by atoms with Gasteiger partial charge in [-0.3, -0.25) is 9.97 Å². The third kappa shape index (κ3) is 2.75. The summed E-state index contributed by atoms with van der Waals surface area (Å²) < 4.78 is 5.72. The summed E-state index contributed by atoms with van der Waals surface area (Å²) in [7, 11) is 0. The number of nitrogens with zero attached hydrogens (tertiary/aromatic N) is 2. The third-order valence-electron chi connectivity index (χ3n) is 3.07. The zero-order valence-corrected chi connectivity index (χ0v) is 11.0. The second-order valence-electron chi connectivity index (χ2n) is 4.51. The second-order valence-corrected chi connectivity index (χ2v) is 4.51. The number of fused-ring (bicyclic) bond motifs is 1. The van der Waals surface area contributed by atoms with Crippen LogP contribution < -0.4 is 10.5 Å². The molecule has 0 spiro atoms. The van der Waals surface area contributed by atoms with Gasteiger partial charge in [-0.1, -0.05) is 24.3 Å². The highest BCUT2D eigenvalue weighted by Gasteiger charge is 2.00. The van der Waals surface area contributed by atoms with E-state index in [1.54, 1.807) is 12.4 Å². The standard InChI is InChI=1S/C16H15N3O/c17-8-12-5-6-14(18-9-12)11-20-15-7-13-3-1-2-4-16(13)19-10-15/h1-7,9-10H,8,11,17H2. The molecule has 0 unspecified atom stereocenters. The van der Waals surface area contributed by atoms with Gasteiger partial charge in [-0.05, 0) is 23.8 Å². The van der Waals surface area contributed by atoms with Crippen LogP contribution >= 0.6 is 0 Å². The molecular formula is C16H15N3O. The van der Waals surface area contributed by atoms with E-state index < -0.39 is 0 Å². The molecule has 3 rings (SSSR count). The number of pyridine rings is 2. The zero-order valence-electron chi connectivity index (χ0n) is 11.0. The van der Waals surface area contributed by atoms with E-state index in [0.717, 1.165) is 27.9 Å². The fourth-order valence-electron chi connectivity index (χ4n) is 1.95. The van der Waals surface area contributed by atoms with E-state index in [-0.39, 0.29) is 0 Å². The molecular weight excluding hydrogens is 250 g/mol. The third-order valence-corrected chi connectivity index (χ3v) is 3.07. The van der Waals surface area contributed by atoms with Crippen LogP contribution in [0.3, 0.4) is 0 Å². The number of benzene rings is 1. The van der Waals surface area contributed by atoms with Crippen LogP contribution in [0.4, 0.5) is 0 Å². The topological polar surface area (TPSA) is 61.0 Å². The summed E-state index contributed by atoms with van der Waals surface area (Å²) in [5.74, 6) is 0.744. The minimum Gasteiger partial charge on any atom is -0.486 e. The highest BCUT2D eigenvalue weighted by atomic mass is 16.5. The molecule has 2 N–H and O–H groups in total. The Bertz CT molecular complexity index is 710. The van der Waals surface area contributed by atoms with Crippen LogP contribution in [0.25, 0.3) is 10.9 Å². The molecule has 0 aliphatic heterocycles. The molecule has 20 heavy (non-hydrogen) atoms. The van der Waals surface area contributed by atoms with Crippen LogP contribution in [0.5, 0.6) is 5.75 Å². The van der Waals surface area contributed by atoms with Gasteiger partial charge in [-0.2, -0.15) is 0 Å². The van der Waals surface area contributed by atoms with Crippen molar-refractivity contribution >= 4 is 10.9 Å². The Kier molecular flexibility index (Phi) is 3.56. The molecule has 0 atom stereocenters. The lowest BCUT2D eigenvalue weighted by Crippen LogP contribution is -2.01. The van der Waals surface area contributed by atoms with Gasteiger partial charge in [0.15, 0.2) is 0 Å². The summed E-state index contributed by atoms with van der Waals surface area (Å²) in [6.07, 6.45) is 3.51. The highest BCUT2D eigenvalue weighted by molar-refractivity contribution is 5.79. The maximum Gasteiger partial charge on any atom is 0.138 e. The number of aromatic nitrogens is 2. The molecule has 0 fully saturated rings. The van der Waals surface area contributed by atoms with Gasteiger partial charge in [0.05, 0.1) is 17.4 Å². The zero-order chi connectivity index (χ0) is 13.8. The molecule has 1 aromatic carbocycles. The lowest BCUT2D eigenvalue weighted by Gasteiger charge is -2.07. The van der Waals surface area contributed by atoms with Gasteiger partial charge >= 0.3 is 0 Å². The number of ether oxygens (including phenoxy) is 1. The lowest BCUT2D eigenvalue weighted by atomic mass is 10.2. The molecule has 0 radical (unpaired) electrons.